The minimum Gasteiger partial charge on any atom is -0.492 e. The number of aliphatic imine (C=N–C) groups is 1. The molecule has 0 amide bonds. The zero-order valence-electron chi connectivity index (χ0n) is 15.7. The van der Waals surface area contributed by atoms with Gasteiger partial charge < -0.3 is 15.0 Å². The number of aromatic nitrogens is 2. The van der Waals surface area contributed by atoms with Crippen molar-refractivity contribution in [1.82, 2.24) is 20.0 Å². The maximum absolute atomic E-state index is 5.79. The van der Waals surface area contributed by atoms with E-state index in [2.05, 4.69) is 39.5 Å². The lowest BCUT2D eigenvalue weighted by Crippen LogP contribution is -2.41. The summed E-state index contributed by atoms with van der Waals surface area (Å²) < 4.78 is 7.66. The maximum atomic E-state index is 5.79. The van der Waals surface area contributed by atoms with Crippen LogP contribution in [-0.2, 0) is 7.05 Å². The quantitative estimate of drug-likeness (QED) is 0.317. The van der Waals surface area contributed by atoms with Crippen molar-refractivity contribution in [2.75, 3.05) is 33.3 Å². The molecule has 0 saturated carbocycles. The van der Waals surface area contributed by atoms with Crippen LogP contribution in [0.4, 0.5) is 0 Å². The highest BCUT2D eigenvalue weighted by molar-refractivity contribution is 14.0. The van der Waals surface area contributed by atoms with E-state index in [0.29, 0.717) is 12.5 Å². The van der Waals surface area contributed by atoms with Crippen LogP contribution in [-0.4, -0.2) is 53.9 Å². The highest BCUT2D eigenvalue weighted by atomic mass is 127. The second-order valence-corrected chi connectivity index (χ2v) is 6.52. The van der Waals surface area contributed by atoms with E-state index >= 15 is 0 Å². The standard InChI is InChI=1S/C19H27N5O.HI/c1-15-5-4-6-18(11-15)25-10-8-21-19(20-2)24-9-7-16(14-24)17-12-22-23(3)13-17;/h4-6,11-13,16H,7-10,14H2,1-3H3,(H,20,21);1H. The number of nitrogens with zero attached hydrogens (tertiary/aromatic N) is 4. The summed E-state index contributed by atoms with van der Waals surface area (Å²) >= 11 is 0. The summed E-state index contributed by atoms with van der Waals surface area (Å²) in [5.74, 6) is 2.38. The predicted octanol–water partition coefficient (Wildman–Crippen LogP) is 2.79. The van der Waals surface area contributed by atoms with Gasteiger partial charge in [0.05, 0.1) is 12.7 Å². The Labute approximate surface area is 172 Å². The van der Waals surface area contributed by atoms with E-state index in [1.807, 2.05) is 43.2 Å². The number of hydrogen-bond acceptors (Lipinski definition) is 3. The molecule has 1 aliphatic heterocycles. The number of rotatable bonds is 5. The summed E-state index contributed by atoms with van der Waals surface area (Å²) in [5, 5.41) is 7.69. The number of nitrogens with one attached hydrogen (secondary N) is 1. The number of aryl methyl sites for hydroxylation is 2. The third kappa shape index (κ3) is 5.36. The van der Waals surface area contributed by atoms with E-state index in [9.17, 15) is 0 Å². The average Bonchev–Trinajstić information content (AvgIpc) is 3.24. The van der Waals surface area contributed by atoms with Crippen molar-refractivity contribution in [3.05, 3.63) is 47.8 Å². The lowest BCUT2D eigenvalue weighted by atomic mass is 10.0. The first-order chi connectivity index (χ1) is 12.2. The summed E-state index contributed by atoms with van der Waals surface area (Å²) in [6, 6.07) is 8.12. The smallest absolute Gasteiger partial charge is 0.193 e. The van der Waals surface area contributed by atoms with Crippen LogP contribution in [0.1, 0.15) is 23.5 Å². The van der Waals surface area contributed by atoms with Crippen LogP contribution in [0.2, 0.25) is 0 Å². The van der Waals surface area contributed by atoms with Crippen LogP contribution in [0, 0.1) is 6.92 Å². The van der Waals surface area contributed by atoms with Crippen LogP contribution in [0.3, 0.4) is 0 Å². The van der Waals surface area contributed by atoms with Crippen LogP contribution in [0.25, 0.3) is 0 Å². The molecule has 1 aromatic carbocycles. The minimum absolute atomic E-state index is 0. The number of benzene rings is 1. The van der Waals surface area contributed by atoms with Crippen molar-refractivity contribution >= 4 is 29.9 Å². The molecule has 3 rings (SSSR count). The SMILES string of the molecule is CN=C(NCCOc1cccc(C)c1)N1CCC(c2cnn(C)c2)C1.I. The zero-order valence-corrected chi connectivity index (χ0v) is 18.0. The number of ether oxygens (including phenoxy) is 1. The molecule has 1 N–H and O–H groups in total. The molecule has 6 nitrogen and oxygen atoms in total. The maximum Gasteiger partial charge on any atom is 0.193 e. The summed E-state index contributed by atoms with van der Waals surface area (Å²) in [7, 11) is 3.80. The highest BCUT2D eigenvalue weighted by Crippen LogP contribution is 2.26. The molecule has 1 fully saturated rings. The molecule has 0 aliphatic carbocycles. The van der Waals surface area contributed by atoms with Crippen molar-refractivity contribution in [3.8, 4) is 5.75 Å². The van der Waals surface area contributed by atoms with Gasteiger partial charge in [-0.05, 0) is 36.6 Å². The van der Waals surface area contributed by atoms with Crippen molar-refractivity contribution in [1.29, 1.82) is 0 Å². The van der Waals surface area contributed by atoms with Gasteiger partial charge in [-0.25, -0.2) is 0 Å². The highest BCUT2D eigenvalue weighted by Gasteiger charge is 2.26. The molecule has 1 atom stereocenters. The summed E-state index contributed by atoms with van der Waals surface area (Å²) in [6.45, 7) is 5.40. The van der Waals surface area contributed by atoms with E-state index in [4.69, 9.17) is 4.74 Å². The van der Waals surface area contributed by atoms with E-state index in [0.717, 1.165) is 37.8 Å². The predicted molar refractivity (Wildman–Crippen MR) is 116 cm³/mol. The van der Waals surface area contributed by atoms with Gasteiger partial charge in [-0.2, -0.15) is 5.10 Å². The fourth-order valence-corrected chi connectivity index (χ4v) is 3.24. The molecule has 2 heterocycles. The third-order valence-electron chi connectivity index (χ3n) is 4.54. The molecule has 1 unspecified atom stereocenters. The Morgan fingerprint density at radius 3 is 2.96 bits per heavy atom. The molecule has 26 heavy (non-hydrogen) atoms. The van der Waals surface area contributed by atoms with Gasteiger partial charge in [-0.1, -0.05) is 12.1 Å². The van der Waals surface area contributed by atoms with E-state index < -0.39 is 0 Å². The Hall–Kier alpha value is -1.77. The van der Waals surface area contributed by atoms with E-state index in [1.54, 1.807) is 0 Å². The Balaban J connectivity index is 0.00000243. The topological polar surface area (TPSA) is 54.7 Å². The van der Waals surface area contributed by atoms with Crippen LogP contribution in [0.15, 0.2) is 41.7 Å². The first kappa shape index (κ1) is 20.5. The second kappa shape index (κ2) is 9.80. The monoisotopic (exact) mass is 469 g/mol. The van der Waals surface area contributed by atoms with Crippen LogP contribution in [0.5, 0.6) is 5.75 Å². The number of likely N-dealkylation sites (tertiary alicyclic amines) is 1. The molecule has 2 aromatic rings. The third-order valence-corrected chi connectivity index (χ3v) is 4.54. The fraction of sp³-hybridized carbons (Fsp3) is 0.474. The Morgan fingerprint density at radius 1 is 1.42 bits per heavy atom. The van der Waals surface area contributed by atoms with Crippen molar-refractivity contribution in [2.24, 2.45) is 12.0 Å². The van der Waals surface area contributed by atoms with E-state index in [1.165, 1.54) is 11.1 Å². The molecular formula is C19H28IN5O. The second-order valence-electron chi connectivity index (χ2n) is 6.52. The van der Waals surface area contributed by atoms with Gasteiger partial charge in [0.25, 0.3) is 0 Å². The summed E-state index contributed by atoms with van der Waals surface area (Å²) in [4.78, 5) is 6.73. The largest absolute Gasteiger partial charge is 0.492 e. The van der Waals surface area contributed by atoms with Gasteiger partial charge in [0.15, 0.2) is 5.96 Å². The molecule has 0 radical (unpaired) electrons. The Bertz CT molecular complexity index is 730. The Kier molecular flexibility index (Phi) is 7.74. The molecule has 0 spiro atoms. The lowest BCUT2D eigenvalue weighted by molar-refractivity contribution is 0.319. The normalized spacial score (nSPS) is 17.1. The zero-order chi connectivity index (χ0) is 17.6. The first-order valence-electron chi connectivity index (χ1n) is 8.79. The lowest BCUT2D eigenvalue weighted by Gasteiger charge is -2.21. The summed E-state index contributed by atoms with van der Waals surface area (Å²) in [6.07, 6.45) is 5.21. The van der Waals surface area contributed by atoms with Crippen LogP contribution >= 0.6 is 24.0 Å². The number of guanidine groups is 1. The van der Waals surface area contributed by atoms with Gasteiger partial charge in [-0.3, -0.25) is 9.67 Å². The van der Waals surface area contributed by atoms with Crippen molar-refractivity contribution < 1.29 is 4.74 Å². The fourth-order valence-electron chi connectivity index (χ4n) is 3.24. The number of halogens is 1. The van der Waals surface area contributed by atoms with Gasteiger partial charge >= 0.3 is 0 Å². The van der Waals surface area contributed by atoms with Gasteiger partial charge in [0, 0.05) is 39.3 Å². The molecular weight excluding hydrogens is 441 g/mol. The average molecular weight is 469 g/mol. The van der Waals surface area contributed by atoms with E-state index in [-0.39, 0.29) is 24.0 Å². The van der Waals surface area contributed by atoms with Gasteiger partial charge in [0.1, 0.15) is 12.4 Å². The van der Waals surface area contributed by atoms with Crippen molar-refractivity contribution in [3.63, 3.8) is 0 Å². The molecule has 1 aliphatic rings. The molecule has 7 heteroatoms. The van der Waals surface area contributed by atoms with Gasteiger partial charge in [0.2, 0.25) is 0 Å². The summed E-state index contributed by atoms with van der Waals surface area (Å²) in [5.41, 5.74) is 2.52. The van der Waals surface area contributed by atoms with Crippen LogP contribution < -0.4 is 10.1 Å². The minimum atomic E-state index is 0. The first-order valence-corrected chi connectivity index (χ1v) is 8.79. The molecule has 1 aromatic heterocycles. The molecule has 142 valence electrons. The molecule has 0 bridgehead atoms. The number of hydrogen-bond donors (Lipinski definition) is 1. The van der Waals surface area contributed by atoms with Gasteiger partial charge in [-0.15, -0.1) is 24.0 Å². The molecule has 1 saturated heterocycles. The Morgan fingerprint density at radius 2 is 2.27 bits per heavy atom. The van der Waals surface area contributed by atoms with Crippen molar-refractivity contribution in [2.45, 2.75) is 19.3 Å².